The Bertz CT molecular complexity index is 908. The average Bonchev–Trinajstić information content (AvgIpc) is 2.84. The van der Waals surface area contributed by atoms with Gasteiger partial charge in [-0.1, -0.05) is 6.07 Å². The number of hydrogen-bond donors (Lipinski definition) is 0. The molecule has 10 heteroatoms. The van der Waals surface area contributed by atoms with E-state index in [1.54, 1.807) is 13.8 Å². The van der Waals surface area contributed by atoms with Crippen LogP contribution < -0.4 is 0 Å². The van der Waals surface area contributed by atoms with Crippen LogP contribution in [0.25, 0.3) is 0 Å². The first-order chi connectivity index (χ1) is 17.1. The highest BCUT2D eigenvalue weighted by atomic mass is 16.5. The van der Waals surface area contributed by atoms with Crippen LogP contribution in [0.3, 0.4) is 0 Å². The van der Waals surface area contributed by atoms with Crippen LogP contribution in [0.15, 0.2) is 18.2 Å². The van der Waals surface area contributed by atoms with Crippen molar-refractivity contribution in [1.29, 1.82) is 0 Å². The van der Waals surface area contributed by atoms with E-state index in [0.717, 1.165) is 11.4 Å². The zero-order valence-corrected chi connectivity index (χ0v) is 22.2. The molecule has 2 heterocycles. The number of Topliss-reactive ketones (excluding diaryl/α,β-unsaturated/α-hetero) is 2. The average molecular weight is 505 g/mol. The highest BCUT2D eigenvalue weighted by molar-refractivity contribution is 5.83. The number of ketones is 2. The fourth-order valence-electron chi connectivity index (χ4n) is 4.45. The molecule has 1 aromatic rings. The van der Waals surface area contributed by atoms with Gasteiger partial charge in [0.05, 0.1) is 31.6 Å². The Kier molecular flexibility index (Phi) is 12.1. The summed E-state index contributed by atoms with van der Waals surface area (Å²) in [6.07, 6.45) is 1.24. The van der Waals surface area contributed by atoms with Gasteiger partial charge in [-0.15, -0.1) is 0 Å². The molecule has 200 valence electrons. The van der Waals surface area contributed by atoms with Crippen LogP contribution >= 0.6 is 0 Å². The first-order valence-electron chi connectivity index (χ1n) is 12.4. The van der Waals surface area contributed by atoms with Crippen molar-refractivity contribution >= 4 is 23.5 Å². The minimum Gasteiger partial charge on any atom is -0.469 e. The van der Waals surface area contributed by atoms with Gasteiger partial charge in [-0.2, -0.15) is 0 Å². The molecular weight excluding hydrogens is 464 g/mol. The van der Waals surface area contributed by atoms with Gasteiger partial charge in [-0.05, 0) is 45.9 Å². The third kappa shape index (κ3) is 9.40. The van der Waals surface area contributed by atoms with Gasteiger partial charge in [0.15, 0.2) is 0 Å². The number of aromatic nitrogens is 1. The fraction of sp³-hybridized carbons (Fsp3) is 0.654. The molecule has 0 saturated carbocycles. The maximum Gasteiger partial charge on any atom is 0.323 e. The van der Waals surface area contributed by atoms with Gasteiger partial charge >= 0.3 is 11.9 Å². The van der Waals surface area contributed by atoms with Crippen LogP contribution in [-0.2, 0) is 41.7 Å². The smallest absolute Gasteiger partial charge is 0.323 e. The van der Waals surface area contributed by atoms with Crippen LogP contribution in [0.4, 0.5) is 0 Å². The molecule has 0 aromatic carbocycles. The molecule has 0 aliphatic carbocycles. The number of pyridine rings is 1. The van der Waals surface area contributed by atoms with E-state index in [1.807, 2.05) is 30.1 Å². The molecule has 2 bridgehead atoms. The number of carbonyl (C=O) groups is 4. The van der Waals surface area contributed by atoms with E-state index in [-0.39, 0.29) is 36.4 Å². The highest BCUT2D eigenvalue weighted by Gasteiger charge is 2.29. The van der Waals surface area contributed by atoms with E-state index in [0.29, 0.717) is 52.1 Å². The van der Waals surface area contributed by atoms with Gasteiger partial charge in [-0.25, -0.2) is 0 Å². The van der Waals surface area contributed by atoms with Crippen LogP contribution in [0, 0.1) is 0 Å². The second-order valence-electron chi connectivity index (χ2n) is 9.39. The van der Waals surface area contributed by atoms with Crippen LogP contribution in [0.1, 0.15) is 50.9 Å². The molecule has 2 unspecified atom stereocenters. The Labute approximate surface area is 213 Å². The Morgan fingerprint density at radius 3 is 1.92 bits per heavy atom. The van der Waals surface area contributed by atoms with Crippen molar-refractivity contribution in [3.63, 3.8) is 0 Å². The van der Waals surface area contributed by atoms with E-state index in [2.05, 4.69) is 9.80 Å². The molecule has 10 nitrogen and oxygen atoms in total. The minimum absolute atomic E-state index is 0.0415. The first-order valence-corrected chi connectivity index (χ1v) is 12.4. The van der Waals surface area contributed by atoms with Crippen LogP contribution in [-0.4, -0.2) is 103 Å². The van der Waals surface area contributed by atoms with Crippen molar-refractivity contribution < 1.29 is 28.7 Å². The number of carbonyl (C=O) groups excluding carboxylic acids is 4. The lowest BCUT2D eigenvalue weighted by molar-refractivity contribution is -0.148. The number of fused-ring (bicyclic) bond motifs is 2. The predicted molar refractivity (Wildman–Crippen MR) is 134 cm³/mol. The molecule has 1 aliphatic rings. The van der Waals surface area contributed by atoms with Gasteiger partial charge in [0.25, 0.3) is 0 Å². The molecule has 1 aliphatic heterocycles. The summed E-state index contributed by atoms with van der Waals surface area (Å²) in [5.74, 6) is -0.661. The zero-order valence-electron chi connectivity index (χ0n) is 22.2. The lowest BCUT2D eigenvalue weighted by Gasteiger charge is -2.34. The minimum atomic E-state index is -0.610. The molecule has 2 rings (SSSR count). The monoisotopic (exact) mass is 504 g/mol. The molecule has 2 atom stereocenters. The predicted octanol–water partition coefficient (Wildman–Crippen LogP) is 1.45. The summed E-state index contributed by atoms with van der Waals surface area (Å²) in [7, 11) is 4.68. The standard InChI is InChI=1S/C26H40N4O6/c1-19(31)9-10-23(20(2)32)29-15-13-28(3)14-16-30(18-22-8-6-7-21(17-29)27-22)24(26(34)36-5)11-12-25(33)35-4/h6-8,23-24H,9-18H2,1-5H3. The third-order valence-electron chi connectivity index (χ3n) is 6.58. The van der Waals surface area contributed by atoms with E-state index in [1.165, 1.54) is 14.2 Å². The van der Waals surface area contributed by atoms with E-state index >= 15 is 0 Å². The number of ether oxygens (including phenoxy) is 2. The molecule has 0 radical (unpaired) electrons. The summed E-state index contributed by atoms with van der Waals surface area (Å²) >= 11 is 0. The molecule has 0 amide bonds. The number of esters is 2. The maximum atomic E-state index is 12.7. The van der Waals surface area contributed by atoms with Crippen molar-refractivity contribution in [3.05, 3.63) is 29.6 Å². The van der Waals surface area contributed by atoms with Gasteiger partial charge in [0.2, 0.25) is 0 Å². The first kappa shape index (κ1) is 29.5. The van der Waals surface area contributed by atoms with E-state index in [4.69, 9.17) is 14.5 Å². The topological polar surface area (TPSA) is 109 Å². The van der Waals surface area contributed by atoms with Crippen molar-refractivity contribution in [2.24, 2.45) is 0 Å². The third-order valence-corrected chi connectivity index (χ3v) is 6.58. The van der Waals surface area contributed by atoms with Crippen molar-refractivity contribution in [2.75, 3.05) is 47.4 Å². The second kappa shape index (κ2) is 14.8. The summed E-state index contributed by atoms with van der Waals surface area (Å²) in [5, 5.41) is 0. The number of rotatable bonds is 10. The molecule has 0 fully saturated rings. The summed E-state index contributed by atoms with van der Waals surface area (Å²) in [4.78, 5) is 59.6. The summed E-state index contributed by atoms with van der Waals surface area (Å²) in [5.41, 5.74) is 1.60. The summed E-state index contributed by atoms with van der Waals surface area (Å²) in [6.45, 7) is 6.56. The van der Waals surface area contributed by atoms with E-state index < -0.39 is 12.0 Å². The summed E-state index contributed by atoms with van der Waals surface area (Å²) in [6, 6.07) is 4.79. The van der Waals surface area contributed by atoms with Crippen molar-refractivity contribution in [3.8, 4) is 0 Å². The van der Waals surface area contributed by atoms with E-state index in [9.17, 15) is 19.2 Å². The maximum absolute atomic E-state index is 12.7. The van der Waals surface area contributed by atoms with Gasteiger partial charge in [0, 0.05) is 52.1 Å². The Balaban J connectivity index is 2.33. The Hall–Kier alpha value is -2.69. The fourth-order valence-corrected chi connectivity index (χ4v) is 4.45. The van der Waals surface area contributed by atoms with Crippen LogP contribution in [0.5, 0.6) is 0 Å². The summed E-state index contributed by atoms with van der Waals surface area (Å²) < 4.78 is 9.82. The molecule has 0 N–H and O–H groups in total. The number of methoxy groups -OCH3 is 2. The SMILES string of the molecule is COC(=O)CCC(C(=O)OC)N1CCN(C)CCN(C(CCC(C)=O)C(C)=O)Cc2cccc(n2)C1. The van der Waals surface area contributed by atoms with Gasteiger partial charge in [0.1, 0.15) is 17.6 Å². The van der Waals surface area contributed by atoms with Gasteiger partial charge in [-0.3, -0.25) is 29.2 Å². The van der Waals surface area contributed by atoms with Crippen molar-refractivity contribution in [2.45, 2.75) is 64.7 Å². The molecule has 1 aromatic heterocycles. The highest BCUT2D eigenvalue weighted by Crippen LogP contribution is 2.18. The largest absolute Gasteiger partial charge is 0.469 e. The molecular formula is C26H40N4O6. The number of hydrogen-bond acceptors (Lipinski definition) is 10. The van der Waals surface area contributed by atoms with Crippen LogP contribution in [0.2, 0.25) is 0 Å². The lowest BCUT2D eigenvalue weighted by Crippen LogP contribution is -2.47. The molecule has 0 spiro atoms. The number of likely N-dealkylation sites (N-methyl/N-ethyl adjacent to an activating group) is 1. The Morgan fingerprint density at radius 1 is 0.861 bits per heavy atom. The quantitative estimate of drug-likeness (QED) is 0.434. The zero-order chi connectivity index (χ0) is 26.7. The molecule has 0 saturated heterocycles. The normalized spacial score (nSPS) is 17.8. The lowest BCUT2D eigenvalue weighted by atomic mass is 10.0. The second-order valence-corrected chi connectivity index (χ2v) is 9.39. The number of nitrogens with zero attached hydrogens (tertiary/aromatic N) is 4. The van der Waals surface area contributed by atoms with Gasteiger partial charge < -0.3 is 19.2 Å². The Morgan fingerprint density at radius 2 is 1.42 bits per heavy atom. The molecule has 36 heavy (non-hydrogen) atoms. The van der Waals surface area contributed by atoms with Crippen molar-refractivity contribution in [1.82, 2.24) is 19.7 Å².